The zero-order valence-electron chi connectivity index (χ0n) is 4.83. The third-order valence-electron chi connectivity index (χ3n) is 0.826. The highest BCUT2D eigenvalue weighted by molar-refractivity contribution is 4.56. The number of epoxide rings is 1. The van der Waals surface area contributed by atoms with Gasteiger partial charge in [-0.05, 0) is 6.92 Å². The summed E-state index contributed by atoms with van der Waals surface area (Å²) in [7, 11) is 0. The van der Waals surface area contributed by atoms with Crippen molar-refractivity contribution in [2.24, 2.45) is 0 Å². The number of rotatable bonds is 3. The Labute approximate surface area is 48.2 Å². The number of hydrogen-bond donors (Lipinski definition) is 1. The van der Waals surface area contributed by atoms with E-state index in [0.29, 0.717) is 13.2 Å². The smallest absolute Gasteiger partial charge is 0.181 e. The first-order chi connectivity index (χ1) is 3.79. The van der Waals surface area contributed by atoms with Crippen LogP contribution in [-0.4, -0.2) is 30.7 Å². The third kappa shape index (κ3) is 2.26. The summed E-state index contributed by atoms with van der Waals surface area (Å²) in [5.74, 6) is 0. The Morgan fingerprint density at radius 2 is 2.62 bits per heavy atom. The van der Waals surface area contributed by atoms with E-state index in [2.05, 4.69) is 0 Å². The molecule has 1 heterocycles. The van der Waals surface area contributed by atoms with Gasteiger partial charge in [0.15, 0.2) is 6.29 Å². The van der Waals surface area contributed by atoms with E-state index in [1.807, 2.05) is 0 Å². The van der Waals surface area contributed by atoms with Crippen molar-refractivity contribution in [3.8, 4) is 0 Å². The van der Waals surface area contributed by atoms with Crippen molar-refractivity contribution >= 4 is 0 Å². The second-order valence-corrected chi connectivity index (χ2v) is 1.95. The Hall–Kier alpha value is -0.120. The largest absolute Gasteiger partial charge is 0.391 e. The van der Waals surface area contributed by atoms with Crippen LogP contribution in [0.3, 0.4) is 0 Å². The lowest BCUT2D eigenvalue weighted by Gasteiger charge is -2.00. The topological polar surface area (TPSA) is 42.0 Å². The maximum absolute atomic E-state index is 8.65. The number of aliphatic hydroxyl groups is 1. The third-order valence-corrected chi connectivity index (χ3v) is 0.826. The van der Waals surface area contributed by atoms with E-state index in [1.165, 1.54) is 0 Å². The van der Waals surface area contributed by atoms with Crippen LogP contribution in [-0.2, 0) is 9.47 Å². The Morgan fingerprint density at radius 1 is 2.00 bits per heavy atom. The predicted molar refractivity (Wildman–Crippen MR) is 27.4 cm³/mol. The fraction of sp³-hybridized carbons (Fsp3) is 1.00. The second-order valence-electron chi connectivity index (χ2n) is 1.95. The van der Waals surface area contributed by atoms with Gasteiger partial charge in [-0.3, -0.25) is 0 Å². The summed E-state index contributed by atoms with van der Waals surface area (Å²) in [6.45, 7) is 2.75. The number of ether oxygens (including phenoxy) is 2. The quantitative estimate of drug-likeness (QED) is 0.519. The van der Waals surface area contributed by atoms with Crippen LogP contribution in [0.5, 0.6) is 0 Å². The normalized spacial score (nSPS) is 30.0. The molecule has 48 valence electrons. The van der Waals surface area contributed by atoms with Gasteiger partial charge in [0.05, 0.1) is 12.7 Å². The minimum absolute atomic E-state index is 0.0235. The molecule has 0 bridgehead atoms. The first-order valence-corrected chi connectivity index (χ1v) is 2.70. The Balaban J connectivity index is 1.87. The van der Waals surface area contributed by atoms with Crippen molar-refractivity contribution in [1.29, 1.82) is 0 Å². The van der Waals surface area contributed by atoms with Crippen molar-refractivity contribution in [2.45, 2.75) is 19.3 Å². The zero-order chi connectivity index (χ0) is 5.98. The maximum Gasteiger partial charge on any atom is 0.181 e. The highest BCUT2D eigenvalue weighted by atomic mass is 16.8. The first kappa shape index (κ1) is 6.01. The molecule has 0 amide bonds. The molecule has 2 atom stereocenters. The van der Waals surface area contributed by atoms with Gasteiger partial charge in [0.25, 0.3) is 0 Å². The molecule has 0 saturated carbocycles. The van der Waals surface area contributed by atoms with Crippen molar-refractivity contribution in [3.63, 3.8) is 0 Å². The number of aliphatic hydroxyl groups excluding tert-OH is 1. The first-order valence-electron chi connectivity index (χ1n) is 2.70. The van der Waals surface area contributed by atoms with E-state index < -0.39 is 0 Å². The van der Waals surface area contributed by atoms with Crippen LogP contribution in [0.15, 0.2) is 0 Å². The van der Waals surface area contributed by atoms with E-state index in [-0.39, 0.29) is 12.4 Å². The van der Waals surface area contributed by atoms with Gasteiger partial charge in [-0.1, -0.05) is 0 Å². The van der Waals surface area contributed by atoms with E-state index >= 15 is 0 Å². The highest BCUT2D eigenvalue weighted by Gasteiger charge is 2.23. The molecule has 0 aliphatic carbocycles. The highest BCUT2D eigenvalue weighted by Crippen LogP contribution is 2.09. The van der Waals surface area contributed by atoms with Crippen LogP contribution >= 0.6 is 0 Å². The van der Waals surface area contributed by atoms with Gasteiger partial charge in [0.2, 0.25) is 0 Å². The van der Waals surface area contributed by atoms with Gasteiger partial charge in [-0.15, -0.1) is 0 Å². The standard InChI is InChI=1S/C5H10O3/c1-4(6)2-7-5-3-8-5/h4-6H,2-3H2,1H3. The monoisotopic (exact) mass is 118 g/mol. The molecular formula is C5H10O3. The molecule has 0 aromatic carbocycles. The summed E-state index contributed by atoms with van der Waals surface area (Å²) in [4.78, 5) is 0. The Morgan fingerprint density at radius 3 is 3.00 bits per heavy atom. The maximum atomic E-state index is 8.65. The van der Waals surface area contributed by atoms with Crippen LogP contribution in [0.25, 0.3) is 0 Å². The lowest BCUT2D eigenvalue weighted by molar-refractivity contribution is -0.00218. The summed E-state index contributed by atoms with van der Waals surface area (Å²) in [5.41, 5.74) is 0. The van der Waals surface area contributed by atoms with Gasteiger partial charge in [0, 0.05) is 0 Å². The van der Waals surface area contributed by atoms with E-state index in [0.717, 1.165) is 0 Å². The van der Waals surface area contributed by atoms with Crippen molar-refractivity contribution in [2.75, 3.05) is 13.2 Å². The zero-order valence-corrected chi connectivity index (χ0v) is 4.83. The average Bonchev–Trinajstić information content (AvgIpc) is 2.41. The van der Waals surface area contributed by atoms with Crippen LogP contribution < -0.4 is 0 Å². The molecule has 1 aliphatic heterocycles. The molecule has 2 unspecified atom stereocenters. The van der Waals surface area contributed by atoms with E-state index in [4.69, 9.17) is 14.6 Å². The summed E-state index contributed by atoms with van der Waals surface area (Å²) in [6, 6.07) is 0. The molecule has 0 radical (unpaired) electrons. The van der Waals surface area contributed by atoms with Crippen LogP contribution in [0.1, 0.15) is 6.92 Å². The van der Waals surface area contributed by atoms with Crippen LogP contribution in [0.4, 0.5) is 0 Å². The van der Waals surface area contributed by atoms with Gasteiger partial charge < -0.3 is 14.6 Å². The van der Waals surface area contributed by atoms with E-state index in [9.17, 15) is 0 Å². The van der Waals surface area contributed by atoms with Gasteiger partial charge in [-0.25, -0.2) is 0 Å². The summed E-state index contributed by atoms with van der Waals surface area (Å²) >= 11 is 0. The second kappa shape index (κ2) is 2.44. The molecule has 3 heteroatoms. The summed E-state index contributed by atoms with van der Waals surface area (Å²) < 4.78 is 9.67. The Kier molecular flexibility index (Phi) is 1.83. The van der Waals surface area contributed by atoms with E-state index in [1.54, 1.807) is 6.92 Å². The van der Waals surface area contributed by atoms with Crippen LogP contribution in [0, 0.1) is 0 Å². The molecule has 1 saturated heterocycles. The van der Waals surface area contributed by atoms with Crippen molar-refractivity contribution < 1.29 is 14.6 Å². The molecule has 0 aromatic rings. The predicted octanol–water partition coefficient (Wildman–Crippen LogP) is -0.260. The summed E-state index contributed by atoms with van der Waals surface area (Å²) in [5, 5.41) is 8.65. The molecular weight excluding hydrogens is 108 g/mol. The van der Waals surface area contributed by atoms with Gasteiger partial charge in [0.1, 0.15) is 6.61 Å². The lowest BCUT2D eigenvalue weighted by atomic mass is 10.4. The molecule has 1 aliphatic rings. The number of hydrogen-bond acceptors (Lipinski definition) is 3. The molecule has 0 spiro atoms. The average molecular weight is 118 g/mol. The molecule has 1 N–H and O–H groups in total. The van der Waals surface area contributed by atoms with Gasteiger partial charge >= 0.3 is 0 Å². The molecule has 3 nitrogen and oxygen atoms in total. The minimum atomic E-state index is -0.376. The fourth-order valence-corrected chi connectivity index (χ4v) is 0.382. The molecule has 1 rings (SSSR count). The Bertz CT molecular complexity index is 66.1. The minimum Gasteiger partial charge on any atom is -0.391 e. The summed E-state index contributed by atoms with van der Waals surface area (Å²) in [6.07, 6.45) is -0.399. The SMILES string of the molecule is CC(O)COC1CO1. The van der Waals surface area contributed by atoms with Crippen LogP contribution in [0.2, 0.25) is 0 Å². The fourth-order valence-electron chi connectivity index (χ4n) is 0.382. The molecule has 8 heavy (non-hydrogen) atoms. The lowest BCUT2D eigenvalue weighted by Crippen LogP contribution is -2.11. The molecule has 0 aromatic heterocycles. The van der Waals surface area contributed by atoms with Crippen molar-refractivity contribution in [1.82, 2.24) is 0 Å². The van der Waals surface area contributed by atoms with Crippen molar-refractivity contribution in [3.05, 3.63) is 0 Å². The molecule has 1 fully saturated rings. The van der Waals surface area contributed by atoms with Gasteiger partial charge in [-0.2, -0.15) is 0 Å².